The first-order valence-electron chi connectivity index (χ1n) is 7.50. The molecule has 2 aromatic carbocycles. The standard InChI is InChI=1S/C17H17N5OS/c1-12-8-9-14(10-16(12)22-11-18-20-21-22)19-17(23)13(2)24-15-6-4-3-5-7-15/h3-11,13H,1-2H3,(H,19,23). The van der Waals surface area contributed by atoms with Crippen molar-refractivity contribution in [2.24, 2.45) is 0 Å². The molecule has 1 aromatic heterocycles. The van der Waals surface area contributed by atoms with Crippen molar-refractivity contribution < 1.29 is 4.79 Å². The smallest absolute Gasteiger partial charge is 0.237 e. The molecule has 1 unspecified atom stereocenters. The van der Waals surface area contributed by atoms with Gasteiger partial charge < -0.3 is 5.32 Å². The van der Waals surface area contributed by atoms with Gasteiger partial charge in [-0.25, -0.2) is 4.68 Å². The predicted molar refractivity (Wildman–Crippen MR) is 94.3 cm³/mol. The van der Waals surface area contributed by atoms with Gasteiger partial charge in [0, 0.05) is 10.6 Å². The van der Waals surface area contributed by atoms with Gasteiger partial charge in [-0.3, -0.25) is 4.79 Å². The van der Waals surface area contributed by atoms with E-state index in [4.69, 9.17) is 0 Å². The van der Waals surface area contributed by atoms with Gasteiger partial charge in [-0.1, -0.05) is 24.3 Å². The maximum atomic E-state index is 12.4. The Balaban J connectivity index is 1.71. The number of aromatic nitrogens is 4. The Bertz CT molecular complexity index is 820. The average molecular weight is 339 g/mol. The van der Waals surface area contributed by atoms with Crippen molar-refractivity contribution in [1.82, 2.24) is 20.2 Å². The van der Waals surface area contributed by atoms with Crippen molar-refractivity contribution in [2.75, 3.05) is 5.32 Å². The second-order valence-electron chi connectivity index (χ2n) is 5.32. The van der Waals surface area contributed by atoms with E-state index >= 15 is 0 Å². The summed E-state index contributed by atoms with van der Waals surface area (Å²) in [5.74, 6) is -0.0460. The first kappa shape index (κ1) is 16.2. The number of nitrogens with zero attached hydrogens (tertiary/aromatic N) is 4. The monoisotopic (exact) mass is 339 g/mol. The van der Waals surface area contributed by atoms with Gasteiger partial charge in [-0.05, 0) is 54.1 Å². The zero-order valence-corrected chi connectivity index (χ0v) is 14.2. The molecular weight excluding hydrogens is 322 g/mol. The number of aryl methyl sites for hydroxylation is 1. The molecule has 1 heterocycles. The number of anilines is 1. The SMILES string of the molecule is Cc1ccc(NC(=O)C(C)Sc2ccccc2)cc1-n1cnnn1. The van der Waals surface area contributed by atoms with Crippen LogP contribution in [0.2, 0.25) is 0 Å². The summed E-state index contributed by atoms with van der Waals surface area (Å²) in [5, 5.41) is 13.9. The second-order valence-corrected chi connectivity index (χ2v) is 6.73. The van der Waals surface area contributed by atoms with E-state index in [1.54, 1.807) is 4.68 Å². The Hall–Kier alpha value is -2.67. The molecule has 6 nitrogen and oxygen atoms in total. The van der Waals surface area contributed by atoms with Gasteiger partial charge in [0.2, 0.25) is 5.91 Å². The third-order valence-corrected chi connectivity index (χ3v) is 4.61. The zero-order chi connectivity index (χ0) is 16.9. The number of carbonyl (C=O) groups excluding carboxylic acids is 1. The molecule has 122 valence electrons. The fourth-order valence-corrected chi connectivity index (χ4v) is 3.09. The molecule has 0 aliphatic heterocycles. The summed E-state index contributed by atoms with van der Waals surface area (Å²) >= 11 is 1.53. The van der Waals surface area contributed by atoms with Crippen LogP contribution in [0.15, 0.2) is 59.8 Å². The summed E-state index contributed by atoms with van der Waals surface area (Å²) in [6, 6.07) is 15.6. The summed E-state index contributed by atoms with van der Waals surface area (Å²) in [6.07, 6.45) is 1.53. The van der Waals surface area contributed by atoms with Gasteiger partial charge >= 0.3 is 0 Å². The Kier molecular flexibility index (Phi) is 4.90. The third kappa shape index (κ3) is 3.80. The Labute approximate surface area is 144 Å². The van der Waals surface area contributed by atoms with Gasteiger partial charge in [0.15, 0.2) is 0 Å². The number of rotatable bonds is 5. The number of carbonyl (C=O) groups is 1. The lowest BCUT2D eigenvalue weighted by Crippen LogP contribution is -2.22. The molecule has 0 aliphatic rings. The molecular formula is C17H17N5OS. The molecule has 0 saturated carbocycles. The molecule has 0 fully saturated rings. The Morgan fingerprint density at radius 2 is 2.00 bits per heavy atom. The van der Waals surface area contributed by atoms with Gasteiger partial charge in [-0.15, -0.1) is 16.9 Å². The Morgan fingerprint density at radius 3 is 2.71 bits per heavy atom. The molecule has 3 rings (SSSR count). The number of hydrogen-bond acceptors (Lipinski definition) is 5. The maximum Gasteiger partial charge on any atom is 0.237 e. The van der Waals surface area contributed by atoms with Crippen LogP contribution in [0.1, 0.15) is 12.5 Å². The molecule has 3 aromatic rings. The lowest BCUT2D eigenvalue weighted by molar-refractivity contribution is -0.115. The van der Waals surface area contributed by atoms with Crippen LogP contribution < -0.4 is 5.32 Å². The quantitative estimate of drug-likeness (QED) is 0.723. The normalized spacial score (nSPS) is 11.9. The molecule has 1 amide bonds. The Morgan fingerprint density at radius 1 is 1.21 bits per heavy atom. The topological polar surface area (TPSA) is 72.7 Å². The molecule has 0 saturated heterocycles. The lowest BCUT2D eigenvalue weighted by Gasteiger charge is -2.13. The fourth-order valence-electron chi connectivity index (χ4n) is 2.21. The highest BCUT2D eigenvalue weighted by atomic mass is 32.2. The van der Waals surface area contributed by atoms with Gasteiger partial charge in [0.05, 0.1) is 10.9 Å². The van der Waals surface area contributed by atoms with E-state index in [1.165, 1.54) is 18.1 Å². The highest BCUT2D eigenvalue weighted by Crippen LogP contribution is 2.24. The molecule has 7 heteroatoms. The summed E-state index contributed by atoms with van der Waals surface area (Å²) in [6.45, 7) is 3.86. The van der Waals surface area contributed by atoms with E-state index in [-0.39, 0.29) is 11.2 Å². The van der Waals surface area contributed by atoms with Gasteiger partial charge in [-0.2, -0.15) is 0 Å². The molecule has 0 aliphatic carbocycles. The number of nitrogens with one attached hydrogen (secondary N) is 1. The van der Waals surface area contributed by atoms with Crippen molar-refractivity contribution in [1.29, 1.82) is 0 Å². The van der Waals surface area contributed by atoms with Gasteiger partial charge in [0.1, 0.15) is 6.33 Å². The number of benzene rings is 2. The highest BCUT2D eigenvalue weighted by Gasteiger charge is 2.15. The number of amides is 1. The van der Waals surface area contributed by atoms with Crippen LogP contribution in [0.4, 0.5) is 5.69 Å². The minimum absolute atomic E-state index is 0.0460. The largest absolute Gasteiger partial charge is 0.325 e. The molecule has 0 radical (unpaired) electrons. The molecule has 1 atom stereocenters. The summed E-state index contributed by atoms with van der Waals surface area (Å²) in [5.41, 5.74) is 2.57. The van der Waals surface area contributed by atoms with Crippen LogP contribution in [0.3, 0.4) is 0 Å². The van der Waals surface area contributed by atoms with Crippen molar-refractivity contribution in [3.05, 3.63) is 60.4 Å². The second kappa shape index (κ2) is 7.27. The predicted octanol–water partition coefficient (Wildman–Crippen LogP) is 3.09. The van der Waals surface area contributed by atoms with Crippen LogP contribution in [0.25, 0.3) is 5.69 Å². The average Bonchev–Trinajstić information content (AvgIpc) is 3.11. The van der Waals surface area contributed by atoms with E-state index < -0.39 is 0 Å². The van der Waals surface area contributed by atoms with Crippen molar-refractivity contribution >= 4 is 23.4 Å². The van der Waals surface area contributed by atoms with Crippen LogP contribution in [0, 0.1) is 6.92 Å². The van der Waals surface area contributed by atoms with Crippen molar-refractivity contribution in [3.63, 3.8) is 0 Å². The summed E-state index contributed by atoms with van der Waals surface area (Å²) in [4.78, 5) is 13.5. The molecule has 1 N–H and O–H groups in total. The van der Waals surface area contributed by atoms with E-state index in [0.717, 1.165) is 21.8 Å². The van der Waals surface area contributed by atoms with Crippen LogP contribution in [-0.4, -0.2) is 31.4 Å². The van der Waals surface area contributed by atoms with E-state index in [1.807, 2.05) is 62.4 Å². The first-order chi connectivity index (χ1) is 11.6. The minimum Gasteiger partial charge on any atom is -0.325 e. The lowest BCUT2D eigenvalue weighted by atomic mass is 10.2. The summed E-state index contributed by atoms with van der Waals surface area (Å²) in [7, 11) is 0. The molecule has 0 bridgehead atoms. The van der Waals surface area contributed by atoms with Crippen LogP contribution in [-0.2, 0) is 4.79 Å². The summed E-state index contributed by atoms with van der Waals surface area (Å²) < 4.78 is 1.58. The third-order valence-electron chi connectivity index (χ3n) is 3.50. The van der Waals surface area contributed by atoms with E-state index in [2.05, 4.69) is 20.8 Å². The molecule has 24 heavy (non-hydrogen) atoms. The number of hydrogen-bond donors (Lipinski definition) is 1. The molecule has 0 spiro atoms. The number of thioether (sulfide) groups is 1. The van der Waals surface area contributed by atoms with Crippen LogP contribution >= 0.6 is 11.8 Å². The van der Waals surface area contributed by atoms with Crippen molar-refractivity contribution in [3.8, 4) is 5.69 Å². The van der Waals surface area contributed by atoms with Gasteiger partial charge in [0.25, 0.3) is 0 Å². The zero-order valence-electron chi connectivity index (χ0n) is 13.4. The minimum atomic E-state index is -0.204. The highest BCUT2D eigenvalue weighted by molar-refractivity contribution is 8.00. The first-order valence-corrected chi connectivity index (χ1v) is 8.38. The fraction of sp³-hybridized carbons (Fsp3) is 0.176. The van der Waals surface area contributed by atoms with E-state index in [9.17, 15) is 4.79 Å². The van der Waals surface area contributed by atoms with Crippen LogP contribution in [0.5, 0.6) is 0 Å². The maximum absolute atomic E-state index is 12.4. The van der Waals surface area contributed by atoms with E-state index in [0.29, 0.717) is 0 Å². The van der Waals surface area contributed by atoms with Crippen molar-refractivity contribution in [2.45, 2.75) is 24.0 Å². The number of tetrazole rings is 1.